The molecule has 0 unspecified atom stereocenters. The smallest absolute Gasteiger partial charge is 0.262 e. The number of fused-ring (bicyclic) bond motifs is 1. The number of imide groups is 1. The van der Waals surface area contributed by atoms with Crippen LogP contribution in [-0.4, -0.2) is 27.9 Å². The summed E-state index contributed by atoms with van der Waals surface area (Å²) in [4.78, 5) is 26.9. The van der Waals surface area contributed by atoms with E-state index in [0.717, 1.165) is 5.75 Å². The third-order valence-electron chi connectivity index (χ3n) is 4.40. The highest BCUT2D eigenvalue weighted by Gasteiger charge is 2.46. The number of ether oxygens (including phenoxy) is 1. The highest BCUT2D eigenvalue weighted by atomic mass is 16.5. The summed E-state index contributed by atoms with van der Waals surface area (Å²) in [6.07, 6.45) is 0.514. The number of amides is 2. The lowest BCUT2D eigenvalue weighted by Gasteiger charge is -2.40. The van der Waals surface area contributed by atoms with Crippen LogP contribution in [0.2, 0.25) is 0 Å². The van der Waals surface area contributed by atoms with Crippen LogP contribution in [0.1, 0.15) is 54.8 Å². The minimum absolute atomic E-state index is 0.235. The second kappa shape index (κ2) is 6.03. The van der Waals surface area contributed by atoms with Crippen LogP contribution in [0, 0.1) is 0 Å². The fourth-order valence-corrected chi connectivity index (χ4v) is 3.70. The van der Waals surface area contributed by atoms with E-state index in [9.17, 15) is 9.59 Å². The van der Waals surface area contributed by atoms with Crippen molar-refractivity contribution in [3.63, 3.8) is 0 Å². The van der Waals surface area contributed by atoms with Gasteiger partial charge in [-0.2, -0.15) is 0 Å². The van der Waals surface area contributed by atoms with Crippen LogP contribution < -0.4 is 4.74 Å². The number of para-hydroxylation sites is 1. The molecule has 1 aliphatic rings. The molecule has 0 aromatic heterocycles. The second-order valence-electron chi connectivity index (χ2n) is 7.66. The zero-order valence-corrected chi connectivity index (χ0v) is 15.1. The van der Waals surface area contributed by atoms with Gasteiger partial charge in [0.05, 0.1) is 11.1 Å². The minimum atomic E-state index is -0.675. The van der Waals surface area contributed by atoms with Gasteiger partial charge in [-0.3, -0.25) is 14.5 Å². The first-order valence-corrected chi connectivity index (χ1v) is 8.43. The molecule has 4 nitrogen and oxygen atoms in total. The molecule has 0 spiro atoms. The van der Waals surface area contributed by atoms with E-state index in [2.05, 4.69) is 0 Å². The van der Waals surface area contributed by atoms with Gasteiger partial charge in [-0.25, -0.2) is 0 Å². The second-order valence-corrected chi connectivity index (χ2v) is 7.66. The van der Waals surface area contributed by atoms with Crippen LogP contribution in [0.4, 0.5) is 0 Å². The number of hydrogen-bond acceptors (Lipinski definition) is 3. The lowest BCUT2D eigenvalue weighted by molar-refractivity contribution is 0.0202. The summed E-state index contributed by atoms with van der Waals surface area (Å²) in [5.41, 5.74) is -0.268. The highest BCUT2D eigenvalue weighted by Crippen LogP contribution is 2.35. The Labute approximate surface area is 148 Å². The molecule has 130 valence electrons. The first-order chi connectivity index (χ1) is 11.7. The van der Waals surface area contributed by atoms with E-state index in [0.29, 0.717) is 17.5 Å². The topological polar surface area (TPSA) is 46.6 Å². The third-order valence-corrected chi connectivity index (χ3v) is 4.40. The van der Waals surface area contributed by atoms with Crippen molar-refractivity contribution in [3.8, 4) is 5.75 Å². The molecule has 1 heterocycles. The lowest BCUT2D eigenvalue weighted by atomic mass is 9.87. The Morgan fingerprint density at radius 1 is 0.800 bits per heavy atom. The number of carbonyl (C=O) groups excluding carboxylic acids is 2. The molecule has 1 aliphatic heterocycles. The summed E-state index contributed by atoms with van der Waals surface area (Å²) in [7, 11) is 0. The summed E-state index contributed by atoms with van der Waals surface area (Å²) in [6, 6.07) is 16.5. The molecule has 25 heavy (non-hydrogen) atoms. The molecule has 3 rings (SSSR count). The molecular formula is C21H23NO3. The standard InChI is InChI=1S/C21H23NO3/c1-20(2,14-21(3,4)25-15-10-6-5-7-11-15)22-18(23)16-12-8-9-13-17(16)19(22)24/h5-13H,14H2,1-4H3. The molecular weight excluding hydrogens is 314 g/mol. The average molecular weight is 337 g/mol. The molecule has 0 saturated carbocycles. The van der Waals surface area contributed by atoms with Gasteiger partial charge in [0, 0.05) is 12.0 Å². The van der Waals surface area contributed by atoms with Crippen LogP contribution in [0.25, 0.3) is 0 Å². The highest BCUT2D eigenvalue weighted by molar-refractivity contribution is 6.21. The van der Waals surface area contributed by atoms with Gasteiger partial charge in [-0.15, -0.1) is 0 Å². The molecule has 0 atom stereocenters. The predicted molar refractivity (Wildman–Crippen MR) is 96.8 cm³/mol. The maximum atomic E-state index is 12.8. The Morgan fingerprint density at radius 3 is 1.80 bits per heavy atom. The Kier molecular flexibility index (Phi) is 4.15. The quantitative estimate of drug-likeness (QED) is 0.764. The molecule has 4 heteroatoms. The summed E-state index contributed by atoms with van der Waals surface area (Å²) < 4.78 is 6.10. The average Bonchev–Trinajstić information content (AvgIpc) is 2.79. The number of nitrogens with zero attached hydrogens (tertiary/aromatic N) is 1. The molecule has 0 saturated heterocycles. The Hall–Kier alpha value is -2.62. The van der Waals surface area contributed by atoms with E-state index in [1.807, 2.05) is 58.0 Å². The molecule has 0 fully saturated rings. The summed E-state index contributed by atoms with van der Waals surface area (Å²) in [5, 5.41) is 0. The van der Waals surface area contributed by atoms with Crippen molar-refractivity contribution in [1.29, 1.82) is 0 Å². The molecule has 2 amide bonds. The number of benzene rings is 2. The van der Waals surface area contributed by atoms with Crippen molar-refractivity contribution >= 4 is 11.8 Å². The van der Waals surface area contributed by atoms with Gasteiger partial charge in [0.2, 0.25) is 0 Å². The Morgan fingerprint density at radius 2 is 1.28 bits per heavy atom. The van der Waals surface area contributed by atoms with E-state index in [1.165, 1.54) is 4.90 Å². The molecule has 0 radical (unpaired) electrons. The van der Waals surface area contributed by atoms with Gasteiger partial charge < -0.3 is 4.74 Å². The lowest BCUT2D eigenvalue weighted by Crippen LogP contribution is -2.52. The third kappa shape index (κ3) is 3.29. The van der Waals surface area contributed by atoms with E-state index in [1.54, 1.807) is 24.3 Å². The monoisotopic (exact) mass is 337 g/mol. The normalized spacial score (nSPS) is 14.6. The molecule has 2 aromatic carbocycles. The molecule has 2 aromatic rings. The van der Waals surface area contributed by atoms with Crippen molar-refractivity contribution in [1.82, 2.24) is 4.90 Å². The summed E-state index contributed by atoms with van der Waals surface area (Å²) >= 11 is 0. The fourth-order valence-electron chi connectivity index (χ4n) is 3.70. The van der Waals surface area contributed by atoms with Crippen LogP contribution >= 0.6 is 0 Å². The van der Waals surface area contributed by atoms with E-state index < -0.39 is 11.1 Å². The van der Waals surface area contributed by atoms with E-state index in [-0.39, 0.29) is 11.8 Å². The SMILES string of the molecule is CC(C)(CC(C)(C)N1C(=O)c2ccccc2C1=O)Oc1ccccc1. The van der Waals surface area contributed by atoms with Gasteiger partial charge in [-0.05, 0) is 52.0 Å². The predicted octanol–water partition coefficient (Wildman–Crippen LogP) is 4.31. The zero-order valence-electron chi connectivity index (χ0n) is 15.1. The zero-order chi connectivity index (χ0) is 18.2. The van der Waals surface area contributed by atoms with E-state index >= 15 is 0 Å². The van der Waals surface area contributed by atoms with Crippen LogP contribution in [0.5, 0.6) is 5.75 Å². The van der Waals surface area contributed by atoms with Gasteiger partial charge >= 0.3 is 0 Å². The van der Waals surface area contributed by atoms with Crippen molar-refractivity contribution < 1.29 is 14.3 Å². The fraction of sp³-hybridized carbons (Fsp3) is 0.333. The number of carbonyl (C=O) groups is 2. The van der Waals surface area contributed by atoms with Crippen molar-refractivity contribution in [2.45, 2.75) is 45.3 Å². The van der Waals surface area contributed by atoms with Crippen molar-refractivity contribution in [3.05, 3.63) is 65.7 Å². The number of rotatable bonds is 5. The van der Waals surface area contributed by atoms with Gasteiger partial charge in [0.1, 0.15) is 11.4 Å². The molecule has 0 N–H and O–H groups in total. The first-order valence-electron chi connectivity index (χ1n) is 8.43. The van der Waals surface area contributed by atoms with Crippen molar-refractivity contribution in [2.75, 3.05) is 0 Å². The summed E-state index contributed by atoms with van der Waals surface area (Å²) in [5.74, 6) is 0.299. The molecule has 0 aliphatic carbocycles. The first kappa shape index (κ1) is 17.2. The maximum Gasteiger partial charge on any atom is 0.262 e. The largest absolute Gasteiger partial charge is 0.488 e. The number of hydrogen-bond donors (Lipinski definition) is 0. The molecule has 0 bridgehead atoms. The van der Waals surface area contributed by atoms with Gasteiger partial charge in [0.25, 0.3) is 11.8 Å². The van der Waals surface area contributed by atoms with Crippen LogP contribution in [-0.2, 0) is 0 Å². The minimum Gasteiger partial charge on any atom is -0.488 e. The van der Waals surface area contributed by atoms with Gasteiger partial charge in [0.15, 0.2) is 0 Å². The van der Waals surface area contributed by atoms with E-state index in [4.69, 9.17) is 4.74 Å². The van der Waals surface area contributed by atoms with Crippen LogP contribution in [0.3, 0.4) is 0 Å². The Balaban J connectivity index is 1.82. The van der Waals surface area contributed by atoms with Crippen LogP contribution in [0.15, 0.2) is 54.6 Å². The van der Waals surface area contributed by atoms with Crippen molar-refractivity contribution in [2.24, 2.45) is 0 Å². The van der Waals surface area contributed by atoms with Gasteiger partial charge in [-0.1, -0.05) is 30.3 Å². The summed E-state index contributed by atoms with van der Waals surface area (Å²) in [6.45, 7) is 7.76. The Bertz CT molecular complexity index is 774. The maximum absolute atomic E-state index is 12.8.